The van der Waals surface area contributed by atoms with Gasteiger partial charge in [-0.1, -0.05) is 12.1 Å². The molecular weight excluding hydrogens is 323 g/mol. The van der Waals surface area contributed by atoms with Crippen LogP contribution >= 0.6 is 0 Å². The summed E-state index contributed by atoms with van der Waals surface area (Å²) in [5.41, 5.74) is 0.767. The second-order valence-electron chi connectivity index (χ2n) is 5.40. The predicted molar refractivity (Wildman–Crippen MR) is 81.1 cm³/mol. The SMILES string of the molecule is CN(Cc1nccn1C)C(=O)CCc1ccc(OC(F)(F)F)cc1. The number of halogens is 3. The standard InChI is InChI=1S/C16H18F3N3O2/c1-21-10-9-20-14(21)11-22(2)15(23)8-5-12-3-6-13(7-4-12)24-16(17,18)19/h3-4,6-7,9-10H,5,8,11H2,1-2H3. The van der Waals surface area contributed by atoms with E-state index in [0.29, 0.717) is 13.0 Å². The Balaban J connectivity index is 1.84. The summed E-state index contributed by atoms with van der Waals surface area (Å²) in [5.74, 6) is 0.442. The van der Waals surface area contributed by atoms with E-state index in [2.05, 4.69) is 9.72 Å². The van der Waals surface area contributed by atoms with E-state index >= 15 is 0 Å². The molecule has 0 spiro atoms. The summed E-state index contributed by atoms with van der Waals surface area (Å²) in [6.45, 7) is 0.403. The molecule has 24 heavy (non-hydrogen) atoms. The lowest BCUT2D eigenvalue weighted by molar-refractivity contribution is -0.274. The molecule has 0 aliphatic carbocycles. The Morgan fingerprint density at radius 3 is 2.50 bits per heavy atom. The van der Waals surface area contributed by atoms with Crippen LogP contribution in [0.3, 0.4) is 0 Å². The van der Waals surface area contributed by atoms with Crippen LogP contribution in [-0.4, -0.2) is 33.8 Å². The molecule has 5 nitrogen and oxygen atoms in total. The highest BCUT2D eigenvalue weighted by molar-refractivity contribution is 5.76. The number of ether oxygens (including phenoxy) is 1. The molecule has 0 fully saturated rings. The molecule has 2 rings (SSSR count). The molecule has 0 saturated heterocycles. The third-order valence-corrected chi connectivity index (χ3v) is 3.51. The fourth-order valence-electron chi connectivity index (χ4n) is 2.15. The van der Waals surface area contributed by atoms with Gasteiger partial charge in [0.2, 0.25) is 5.91 Å². The fraction of sp³-hybridized carbons (Fsp3) is 0.375. The quantitative estimate of drug-likeness (QED) is 0.812. The average Bonchev–Trinajstić information content (AvgIpc) is 2.90. The number of imidazole rings is 1. The van der Waals surface area contributed by atoms with Crippen LogP contribution < -0.4 is 4.74 Å². The van der Waals surface area contributed by atoms with Crippen molar-refractivity contribution in [3.05, 3.63) is 48.0 Å². The van der Waals surface area contributed by atoms with Gasteiger partial charge in [-0.15, -0.1) is 13.2 Å². The lowest BCUT2D eigenvalue weighted by atomic mass is 10.1. The number of alkyl halides is 3. The molecule has 0 radical (unpaired) electrons. The Kier molecular flexibility index (Phi) is 5.48. The molecule has 0 bridgehead atoms. The number of hydrogen-bond acceptors (Lipinski definition) is 3. The number of aryl methyl sites for hydroxylation is 2. The third-order valence-electron chi connectivity index (χ3n) is 3.51. The monoisotopic (exact) mass is 341 g/mol. The van der Waals surface area contributed by atoms with Gasteiger partial charge in [-0.2, -0.15) is 0 Å². The summed E-state index contributed by atoms with van der Waals surface area (Å²) < 4.78 is 41.9. The van der Waals surface area contributed by atoms with Gasteiger partial charge in [0.25, 0.3) is 0 Å². The number of nitrogens with zero attached hydrogens (tertiary/aromatic N) is 3. The Labute approximate surface area is 137 Å². The van der Waals surface area contributed by atoms with E-state index < -0.39 is 6.36 Å². The Morgan fingerprint density at radius 1 is 1.29 bits per heavy atom. The van der Waals surface area contributed by atoms with Gasteiger partial charge in [-0.3, -0.25) is 4.79 Å². The molecule has 0 saturated carbocycles. The van der Waals surface area contributed by atoms with Gasteiger partial charge in [0, 0.05) is 32.9 Å². The first-order valence-corrected chi connectivity index (χ1v) is 7.29. The van der Waals surface area contributed by atoms with Crippen LogP contribution in [0.1, 0.15) is 17.8 Å². The lowest BCUT2D eigenvalue weighted by Crippen LogP contribution is -2.27. The van der Waals surface area contributed by atoms with E-state index in [1.54, 1.807) is 24.3 Å². The minimum Gasteiger partial charge on any atom is -0.406 e. The van der Waals surface area contributed by atoms with Gasteiger partial charge >= 0.3 is 6.36 Å². The number of amides is 1. The zero-order chi connectivity index (χ0) is 17.7. The lowest BCUT2D eigenvalue weighted by Gasteiger charge is -2.17. The molecule has 0 aliphatic heterocycles. The van der Waals surface area contributed by atoms with E-state index in [1.165, 1.54) is 24.3 Å². The first-order valence-electron chi connectivity index (χ1n) is 7.29. The van der Waals surface area contributed by atoms with Crippen molar-refractivity contribution in [3.63, 3.8) is 0 Å². The number of benzene rings is 1. The Morgan fingerprint density at radius 2 is 1.96 bits per heavy atom. The number of rotatable bonds is 6. The maximum atomic E-state index is 12.1. The van der Waals surface area contributed by atoms with Gasteiger partial charge in [0.05, 0.1) is 6.54 Å². The molecule has 1 aromatic heterocycles. The topological polar surface area (TPSA) is 47.4 Å². The van der Waals surface area contributed by atoms with Crippen LogP contribution in [-0.2, 0) is 24.8 Å². The summed E-state index contributed by atoms with van der Waals surface area (Å²) in [5, 5.41) is 0. The highest BCUT2D eigenvalue weighted by Crippen LogP contribution is 2.23. The minimum atomic E-state index is -4.70. The first kappa shape index (κ1) is 17.8. The van der Waals surface area contributed by atoms with E-state index in [1.807, 2.05) is 11.6 Å². The smallest absolute Gasteiger partial charge is 0.406 e. The Bertz CT molecular complexity index is 681. The first-order chi connectivity index (χ1) is 11.2. The summed E-state index contributed by atoms with van der Waals surface area (Å²) in [6, 6.07) is 5.52. The van der Waals surface area contributed by atoms with Gasteiger partial charge in [-0.25, -0.2) is 4.98 Å². The zero-order valence-electron chi connectivity index (χ0n) is 13.4. The molecule has 1 amide bonds. The maximum Gasteiger partial charge on any atom is 0.573 e. The molecular formula is C16H18F3N3O2. The van der Waals surface area contributed by atoms with Crippen molar-refractivity contribution in [3.8, 4) is 5.75 Å². The van der Waals surface area contributed by atoms with Gasteiger partial charge in [0.15, 0.2) is 0 Å². The normalized spacial score (nSPS) is 11.4. The zero-order valence-corrected chi connectivity index (χ0v) is 13.4. The molecule has 0 aliphatic rings. The second kappa shape index (κ2) is 7.37. The van der Waals surface area contributed by atoms with Crippen LogP contribution in [0.5, 0.6) is 5.75 Å². The van der Waals surface area contributed by atoms with Crippen LogP contribution in [0.15, 0.2) is 36.7 Å². The summed E-state index contributed by atoms with van der Waals surface area (Å²) >= 11 is 0. The number of aromatic nitrogens is 2. The molecule has 0 atom stereocenters. The van der Waals surface area contributed by atoms with E-state index in [9.17, 15) is 18.0 Å². The van der Waals surface area contributed by atoms with Crippen LogP contribution in [0, 0.1) is 0 Å². The number of hydrogen-bond donors (Lipinski definition) is 0. The van der Waals surface area contributed by atoms with Gasteiger partial charge < -0.3 is 14.2 Å². The summed E-state index contributed by atoms with van der Waals surface area (Å²) in [4.78, 5) is 17.9. The van der Waals surface area contributed by atoms with Crippen molar-refractivity contribution in [1.29, 1.82) is 0 Å². The van der Waals surface area contributed by atoms with Crippen molar-refractivity contribution >= 4 is 5.91 Å². The fourth-order valence-corrected chi connectivity index (χ4v) is 2.15. The largest absolute Gasteiger partial charge is 0.573 e. The summed E-state index contributed by atoms with van der Waals surface area (Å²) in [6.07, 6.45) is -0.530. The van der Waals surface area contributed by atoms with Crippen molar-refractivity contribution in [2.45, 2.75) is 25.7 Å². The van der Waals surface area contributed by atoms with E-state index in [0.717, 1.165) is 11.4 Å². The predicted octanol–water partition coefficient (Wildman–Crippen LogP) is 2.91. The summed E-state index contributed by atoms with van der Waals surface area (Å²) in [7, 11) is 3.54. The van der Waals surface area contributed by atoms with Gasteiger partial charge in [0.1, 0.15) is 11.6 Å². The van der Waals surface area contributed by atoms with Crippen LogP contribution in [0.4, 0.5) is 13.2 Å². The molecule has 1 heterocycles. The van der Waals surface area contributed by atoms with Crippen LogP contribution in [0.2, 0.25) is 0 Å². The third kappa shape index (κ3) is 5.29. The second-order valence-corrected chi connectivity index (χ2v) is 5.40. The average molecular weight is 341 g/mol. The number of carbonyl (C=O) groups is 1. The maximum absolute atomic E-state index is 12.1. The highest BCUT2D eigenvalue weighted by Gasteiger charge is 2.30. The van der Waals surface area contributed by atoms with Crippen molar-refractivity contribution in [2.75, 3.05) is 7.05 Å². The molecule has 0 N–H and O–H groups in total. The van der Waals surface area contributed by atoms with Gasteiger partial charge in [-0.05, 0) is 24.1 Å². The molecule has 8 heteroatoms. The van der Waals surface area contributed by atoms with Crippen LogP contribution in [0.25, 0.3) is 0 Å². The van der Waals surface area contributed by atoms with Crippen molar-refractivity contribution in [1.82, 2.24) is 14.5 Å². The number of carbonyl (C=O) groups excluding carboxylic acids is 1. The molecule has 0 unspecified atom stereocenters. The van der Waals surface area contributed by atoms with Crippen molar-refractivity contribution < 1.29 is 22.7 Å². The van der Waals surface area contributed by atoms with E-state index in [-0.39, 0.29) is 18.1 Å². The van der Waals surface area contributed by atoms with E-state index in [4.69, 9.17) is 0 Å². The Hall–Kier alpha value is -2.51. The highest BCUT2D eigenvalue weighted by atomic mass is 19.4. The molecule has 1 aromatic carbocycles. The van der Waals surface area contributed by atoms with Crippen molar-refractivity contribution in [2.24, 2.45) is 7.05 Å². The molecule has 2 aromatic rings. The molecule has 130 valence electrons. The minimum absolute atomic E-state index is 0.0615.